The molecule has 0 radical (unpaired) electrons. The zero-order valence-corrected chi connectivity index (χ0v) is 14.1. The quantitative estimate of drug-likeness (QED) is 0.686. The van der Waals surface area contributed by atoms with Crippen LogP contribution < -0.4 is 0 Å². The van der Waals surface area contributed by atoms with E-state index in [0.29, 0.717) is 32.3 Å². The molecule has 4 fully saturated rings. The molecule has 1 unspecified atom stereocenters. The minimum atomic E-state index is -0.747. The molecular weight excluding hydrogens is 302 g/mol. The van der Waals surface area contributed by atoms with Crippen LogP contribution in [0.5, 0.6) is 0 Å². The number of aliphatic hydroxyl groups is 1. The van der Waals surface area contributed by atoms with Gasteiger partial charge < -0.3 is 24.1 Å². The fourth-order valence-electron chi connectivity index (χ4n) is 4.51. The molecule has 0 aromatic rings. The minimum Gasteiger partial charge on any atom is -0.387 e. The highest BCUT2D eigenvalue weighted by Crippen LogP contribution is 2.44. The fourth-order valence-corrected chi connectivity index (χ4v) is 4.51. The van der Waals surface area contributed by atoms with Crippen molar-refractivity contribution >= 4 is 0 Å². The Labute approximate surface area is 136 Å². The molecule has 4 heterocycles. The monoisotopic (exact) mass is 329 g/mol. The van der Waals surface area contributed by atoms with Gasteiger partial charge in [0.2, 0.25) is 0 Å². The summed E-state index contributed by atoms with van der Waals surface area (Å²) in [5, 5.41) is 12.2. The molecule has 4 aliphatic heterocycles. The lowest BCUT2D eigenvalue weighted by Crippen LogP contribution is -2.53. The molecule has 0 aromatic heterocycles. The summed E-state index contributed by atoms with van der Waals surface area (Å²) < 4.78 is 23.2. The van der Waals surface area contributed by atoms with Gasteiger partial charge in [-0.25, -0.2) is 0 Å². The van der Waals surface area contributed by atoms with Crippen LogP contribution >= 0.6 is 0 Å². The maximum Gasteiger partial charge on any atom is 0.148 e. The minimum absolute atomic E-state index is 0.155. The second-order valence-electron chi connectivity index (χ2n) is 7.30. The molecule has 0 amide bonds. The summed E-state index contributed by atoms with van der Waals surface area (Å²) in [7, 11) is 1.92. The van der Waals surface area contributed by atoms with E-state index < -0.39 is 11.7 Å². The number of hydrogen-bond donors (Lipinski definition) is 1. The summed E-state index contributed by atoms with van der Waals surface area (Å²) >= 11 is 0. The van der Waals surface area contributed by atoms with Crippen molar-refractivity contribution in [1.29, 1.82) is 0 Å². The Balaban J connectivity index is 1.38. The molecule has 132 valence electrons. The summed E-state index contributed by atoms with van der Waals surface area (Å²) in [5.41, 5.74) is -0.919. The average Bonchev–Trinajstić information content (AvgIpc) is 3.27. The molecule has 23 heavy (non-hydrogen) atoms. The second kappa shape index (κ2) is 5.62. The Bertz CT molecular complexity index is 444. The van der Waals surface area contributed by atoms with E-state index in [2.05, 4.69) is 6.92 Å². The number of ether oxygens (including phenoxy) is 4. The van der Waals surface area contributed by atoms with E-state index in [1.807, 2.05) is 19.0 Å². The average molecular weight is 329 g/mol. The van der Waals surface area contributed by atoms with Gasteiger partial charge in [0.05, 0.1) is 38.1 Å². The number of hydroxylamine groups is 2. The number of hydrogen-bond acceptors (Lipinski definition) is 7. The predicted octanol–water partition coefficient (Wildman–Crippen LogP) is -0.0390. The van der Waals surface area contributed by atoms with Gasteiger partial charge in [0, 0.05) is 19.5 Å². The molecular formula is C16H27NO6. The third kappa shape index (κ3) is 2.29. The summed E-state index contributed by atoms with van der Waals surface area (Å²) in [4.78, 5) is 6.06. The van der Waals surface area contributed by atoms with Crippen LogP contribution in [0.3, 0.4) is 0 Å². The molecule has 4 bridgehead atoms. The number of fused-ring (bicyclic) bond motifs is 4. The van der Waals surface area contributed by atoms with Gasteiger partial charge in [-0.2, -0.15) is 5.06 Å². The van der Waals surface area contributed by atoms with Crippen molar-refractivity contribution in [3.05, 3.63) is 0 Å². The van der Waals surface area contributed by atoms with E-state index in [-0.39, 0.29) is 23.9 Å². The van der Waals surface area contributed by atoms with Gasteiger partial charge in [0.25, 0.3) is 0 Å². The first kappa shape index (κ1) is 16.2. The smallest absolute Gasteiger partial charge is 0.148 e. The number of aliphatic hydroxyl groups excluding tert-OH is 1. The van der Waals surface area contributed by atoms with Gasteiger partial charge >= 0.3 is 0 Å². The van der Waals surface area contributed by atoms with E-state index in [1.54, 1.807) is 0 Å². The van der Waals surface area contributed by atoms with Crippen molar-refractivity contribution in [3.63, 3.8) is 0 Å². The Hall–Kier alpha value is -0.280. The molecule has 0 aliphatic carbocycles. The van der Waals surface area contributed by atoms with Crippen LogP contribution in [0.2, 0.25) is 0 Å². The zero-order valence-electron chi connectivity index (χ0n) is 14.1. The van der Waals surface area contributed by atoms with Gasteiger partial charge in [-0.05, 0) is 13.3 Å². The van der Waals surface area contributed by atoms with Crippen molar-refractivity contribution in [2.75, 3.05) is 40.0 Å². The highest BCUT2D eigenvalue weighted by molar-refractivity contribution is 5.07. The van der Waals surface area contributed by atoms with Gasteiger partial charge in [-0.15, -0.1) is 0 Å². The first-order chi connectivity index (χ1) is 11.0. The molecule has 1 N–H and O–H groups in total. The largest absolute Gasteiger partial charge is 0.387 e. The van der Waals surface area contributed by atoms with Gasteiger partial charge in [0.15, 0.2) is 0 Å². The third-order valence-corrected chi connectivity index (χ3v) is 6.17. The van der Waals surface area contributed by atoms with E-state index in [0.717, 1.165) is 13.0 Å². The Morgan fingerprint density at radius 1 is 1.22 bits per heavy atom. The lowest BCUT2D eigenvalue weighted by molar-refractivity contribution is -0.256. The van der Waals surface area contributed by atoms with Crippen LogP contribution in [0.1, 0.15) is 20.3 Å². The van der Waals surface area contributed by atoms with E-state index in [9.17, 15) is 5.11 Å². The summed E-state index contributed by atoms with van der Waals surface area (Å²) in [5.74, 6) is 0.309. The van der Waals surface area contributed by atoms with Crippen LogP contribution in [0.4, 0.5) is 0 Å². The summed E-state index contributed by atoms with van der Waals surface area (Å²) in [6.45, 7) is 6.97. The van der Waals surface area contributed by atoms with Gasteiger partial charge in [-0.1, -0.05) is 6.92 Å². The standard InChI is InChI=1S/C16H27NO6/c1-4-15-8-19-12(6-21-15)11(15)5-17(3)23-10(2)16-9-20-13(7-22-16)14(16)18/h10-14,18H,4-9H2,1-3H3/t10?,11-,12-,13-,14-,15-,16+/m0/s1. The highest BCUT2D eigenvalue weighted by Gasteiger charge is 2.60. The molecule has 0 saturated carbocycles. The highest BCUT2D eigenvalue weighted by atomic mass is 16.7. The molecule has 0 aromatic carbocycles. The van der Waals surface area contributed by atoms with Gasteiger partial charge in [0.1, 0.15) is 23.9 Å². The molecule has 4 aliphatic rings. The van der Waals surface area contributed by atoms with Crippen LogP contribution in [-0.2, 0) is 23.8 Å². The molecule has 0 spiro atoms. The number of rotatable bonds is 6. The molecule has 7 heteroatoms. The SMILES string of the molecule is CC[C@@]12CO[C@@H](CO1)[C@@H]2CN(C)OC(C)[C@@]12CO[C@@H](CO1)[C@@H]2O. The molecule has 7 nitrogen and oxygen atoms in total. The van der Waals surface area contributed by atoms with E-state index in [1.165, 1.54) is 0 Å². The zero-order chi connectivity index (χ0) is 16.2. The summed E-state index contributed by atoms with van der Waals surface area (Å²) in [6, 6.07) is 0. The first-order valence-corrected chi connectivity index (χ1v) is 8.58. The van der Waals surface area contributed by atoms with Gasteiger partial charge in [-0.3, -0.25) is 4.84 Å². The van der Waals surface area contributed by atoms with Crippen molar-refractivity contribution in [1.82, 2.24) is 5.06 Å². The third-order valence-electron chi connectivity index (χ3n) is 6.17. The molecule has 4 saturated heterocycles. The molecule has 4 rings (SSSR count). The maximum absolute atomic E-state index is 10.3. The van der Waals surface area contributed by atoms with Crippen molar-refractivity contribution < 1.29 is 28.9 Å². The van der Waals surface area contributed by atoms with Crippen molar-refractivity contribution in [2.24, 2.45) is 5.92 Å². The van der Waals surface area contributed by atoms with Crippen LogP contribution in [0.15, 0.2) is 0 Å². The van der Waals surface area contributed by atoms with E-state index >= 15 is 0 Å². The van der Waals surface area contributed by atoms with E-state index in [4.69, 9.17) is 23.8 Å². The Morgan fingerprint density at radius 3 is 2.48 bits per heavy atom. The predicted molar refractivity (Wildman–Crippen MR) is 79.8 cm³/mol. The molecule has 7 atom stereocenters. The van der Waals surface area contributed by atoms with Crippen LogP contribution in [-0.4, -0.2) is 85.8 Å². The van der Waals surface area contributed by atoms with Crippen molar-refractivity contribution in [3.8, 4) is 0 Å². The second-order valence-corrected chi connectivity index (χ2v) is 7.30. The topological polar surface area (TPSA) is 69.6 Å². The Kier molecular flexibility index (Phi) is 3.96. The fraction of sp³-hybridized carbons (Fsp3) is 1.00. The Morgan fingerprint density at radius 2 is 1.96 bits per heavy atom. The lowest BCUT2D eigenvalue weighted by Gasteiger charge is -2.36. The van der Waals surface area contributed by atoms with Crippen LogP contribution in [0, 0.1) is 5.92 Å². The lowest BCUT2D eigenvalue weighted by atomic mass is 9.87. The normalized spacial score (nSPS) is 49.4. The number of nitrogens with zero attached hydrogens (tertiary/aromatic N) is 1. The van der Waals surface area contributed by atoms with Crippen molar-refractivity contribution in [2.45, 2.75) is 55.9 Å². The van der Waals surface area contributed by atoms with Crippen LogP contribution in [0.25, 0.3) is 0 Å². The first-order valence-electron chi connectivity index (χ1n) is 8.58. The maximum atomic E-state index is 10.3. The summed E-state index contributed by atoms with van der Waals surface area (Å²) in [6.07, 6.45) is -0.0291.